The van der Waals surface area contributed by atoms with Crippen LogP contribution in [0.1, 0.15) is 116 Å². The predicted octanol–water partition coefficient (Wildman–Crippen LogP) is 7.68. The van der Waals surface area contributed by atoms with E-state index >= 15 is 0 Å². The van der Waals surface area contributed by atoms with Crippen LogP contribution < -0.4 is 58.2 Å². The third kappa shape index (κ3) is 18.8. The van der Waals surface area contributed by atoms with E-state index in [1.807, 2.05) is 61.8 Å². The molecule has 34 nitrogen and oxygen atoms in total. The Bertz CT molecular complexity index is 5730. The molecule has 10 N–H and O–H groups in total. The topological polar surface area (TPSA) is 397 Å². The van der Waals surface area contributed by atoms with Crippen molar-refractivity contribution in [2.24, 2.45) is 28.2 Å². The van der Waals surface area contributed by atoms with Crippen molar-refractivity contribution in [3.05, 3.63) is 166 Å². The van der Waals surface area contributed by atoms with Crippen LogP contribution in [0.25, 0.3) is 49.1 Å². The highest BCUT2D eigenvalue weighted by molar-refractivity contribution is 6.19. The average Bonchev–Trinajstić information content (AvgIpc) is 1.53. The van der Waals surface area contributed by atoms with Gasteiger partial charge in [0.25, 0.3) is 29.5 Å². The zero-order valence-corrected chi connectivity index (χ0v) is 66.6. The molecule has 7 aromatic heterocycles. The van der Waals surface area contributed by atoms with E-state index < -0.39 is 23.6 Å². The first kappa shape index (κ1) is 81.2. The van der Waals surface area contributed by atoms with Crippen molar-refractivity contribution in [3.63, 3.8) is 0 Å². The number of hydrogen-bond acceptors (Lipinski definition) is 21. The summed E-state index contributed by atoms with van der Waals surface area (Å²) < 4.78 is 14.4. The minimum Gasteiger partial charge on any atom is -0.507 e. The Morgan fingerprint density at radius 1 is 0.603 bits per heavy atom. The van der Waals surface area contributed by atoms with Gasteiger partial charge in [0.1, 0.15) is 29.3 Å². The van der Waals surface area contributed by atoms with E-state index in [2.05, 4.69) is 87.5 Å². The number of phenols is 1. The van der Waals surface area contributed by atoms with Crippen molar-refractivity contribution in [1.29, 1.82) is 0 Å². The highest BCUT2D eigenvalue weighted by Crippen LogP contribution is 2.46. The maximum atomic E-state index is 13.9. The molecule has 1 saturated heterocycles. The summed E-state index contributed by atoms with van der Waals surface area (Å²) in [4.78, 5) is 144. The molecule has 1 atom stereocenters. The Morgan fingerprint density at radius 3 is 1.88 bits per heavy atom. The number of aromatic nitrogens is 10. The van der Waals surface area contributed by atoms with Crippen LogP contribution in [-0.4, -0.2) is 219 Å². The zero-order valence-electron chi connectivity index (χ0n) is 65.9. The van der Waals surface area contributed by atoms with Gasteiger partial charge in [0.15, 0.2) is 28.6 Å². The minimum absolute atomic E-state index is 0.0399. The van der Waals surface area contributed by atoms with Gasteiger partial charge in [0.05, 0.1) is 27.6 Å². The van der Waals surface area contributed by atoms with Gasteiger partial charge >= 0.3 is 0 Å². The fourth-order valence-electron chi connectivity index (χ4n) is 14.6. The molecule has 1 unspecified atom stereocenters. The van der Waals surface area contributed by atoms with Crippen LogP contribution >= 0.6 is 11.6 Å². The summed E-state index contributed by atoms with van der Waals surface area (Å²) in [5.74, 6) is 0.0466. The van der Waals surface area contributed by atoms with E-state index in [0.29, 0.717) is 93.6 Å². The molecule has 9 heterocycles. The number of piperazine rings is 1. The Morgan fingerprint density at radius 2 is 1.22 bits per heavy atom. The number of alkyl halides is 1. The lowest BCUT2D eigenvalue weighted by Gasteiger charge is -2.34. The number of aryl methyl sites for hydroxylation is 5. The molecular formula is C81H94ClN23O11. The fourth-order valence-corrected chi connectivity index (χ4v) is 14.9. The Labute approximate surface area is 671 Å². The number of aromatic hydroxyl groups is 1. The maximum absolute atomic E-state index is 13.9. The van der Waals surface area contributed by atoms with Gasteiger partial charge in [0.2, 0.25) is 35.2 Å². The molecule has 14 rings (SSSR count). The molecule has 12 aromatic rings. The molecular weight excluding hydrogens is 1510 g/mol. The number of furan rings is 1. The molecule has 0 saturated carbocycles. The molecule has 1 fully saturated rings. The zero-order chi connectivity index (χ0) is 82.0. The van der Waals surface area contributed by atoms with Crippen LogP contribution in [0.3, 0.4) is 0 Å². The number of pyridine rings is 1. The van der Waals surface area contributed by atoms with Crippen LogP contribution in [-0.2, 0) is 42.6 Å². The van der Waals surface area contributed by atoms with Gasteiger partial charge in [-0.25, -0.2) is 24.9 Å². The van der Waals surface area contributed by atoms with E-state index in [1.54, 1.807) is 108 Å². The van der Waals surface area contributed by atoms with Gasteiger partial charge in [-0.3, -0.25) is 47.6 Å². The number of carbonyl (C=O) groups excluding carboxylic acids is 8. The largest absolute Gasteiger partial charge is 0.507 e. The summed E-state index contributed by atoms with van der Waals surface area (Å²) >= 11 is 6.46. The van der Waals surface area contributed by atoms with E-state index in [4.69, 9.17) is 16.0 Å². The monoisotopic (exact) mass is 1600 g/mol. The van der Waals surface area contributed by atoms with Gasteiger partial charge < -0.3 is 95.2 Å². The summed E-state index contributed by atoms with van der Waals surface area (Å²) in [6, 6.07) is 25.0. The van der Waals surface area contributed by atoms with Gasteiger partial charge in [0, 0.05) is 190 Å². The number of benzene rings is 5. The first-order chi connectivity index (χ1) is 55.8. The molecule has 606 valence electrons. The fraction of sp³-hybridized carbons (Fsp3) is 0.358. The average molecular weight is 1600 g/mol. The number of phenolic OH excluding ortho intramolecular Hbond substituents is 1. The van der Waals surface area contributed by atoms with Crippen LogP contribution in [0.5, 0.6) is 5.75 Å². The first-order valence-corrected chi connectivity index (χ1v) is 39.0. The lowest BCUT2D eigenvalue weighted by molar-refractivity contribution is -0.121. The van der Waals surface area contributed by atoms with Crippen molar-refractivity contribution in [3.8, 4) is 5.75 Å². The van der Waals surface area contributed by atoms with Gasteiger partial charge in [-0.15, -0.1) is 11.6 Å². The molecule has 8 amide bonds. The minimum atomic E-state index is -0.454. The number of rotatable bonds is 31. The van der Waals surface area contributed by atoms with Gasteiger partial charge in [-0.2, -0.15) is 0 Å². The molecule has 5 aromatic carbocycles. The second-order valence-electron chi connectivity index (χ2n) is 29.1. The first-order valence-electron chi connectivity index (χ1n) is 38.4. The lowest BCUT2D eigenvalue weighted by atomic mass is 9.94. The van der Waals surface area contributed by atoms with Gasteiger partial charge in [-0.1, -0.05) is 12.1 Å². The van der Waals surface area contributed by atoms with Crippen LogP contribution in [0.4, 0.5) is 40.3 Å². The number of anilines is 7. The molecule has 35 heteroatoms. The summed E-state index contributed by atoms with van der Waals surface area (Å²) in [6.07, 6.45) is 11.8. The number of nitrogens with one attached hydrogen (secondary N) is 9. The number of nitrogens with zero attached hydrogens (tertiary/aromatic N) is 14. The third-order valence-electron chi connectivity index (χ3n) is 20.5. The number of halogens is 1. The summed E-state index contributed by atoms with van der Waals surface area (Å²) in [5.41, 5.74) is 6.17. The number of hydrogen-bond donors (Lipinski definition) is 10. The van der Waals surface area contributed by atoms with Crippen molar-refractivity contribution < 1.29 is 47.9 Å². The molecule has 2 aliphatic rings. The second kappa shape index (κ2) is 36.1. The third-order valence-corrected chi connectivity index (χ3v) is 20.9. The number of fused-ring (bicyclic) bond motifs is 6. The van der Waals surface area contributed by atoms with Crippen LogP contribution in [0.15, 0.2) is 125 Å². The molecule has 2 aliphatic heterocycles. The standard InChI is InChI=1S/C42H48ClN9O8.C39H46N14O3/c1-24(53)47-29-8-10-34-27(17-29)19-35(60-34)42(59)52-22-28(21-43)38-31-18-26(7-9-30(31)33(55)20-32(38)52)40(57)45-13-6-16-50(3)15-5-12-44-37(56)11-14-46-41(58)39-49-36(23-51(39)4)48-25(2)54;1-25-43-31(22-48(25)2)46-39(56)37-45-32(23-50(37)4)47-38(55)36-44-30(21-49(36)3)41-14-8-16-52-19-17-51(18-20-52)15-7-13-40-27-11-12-28-34-33(27)35(54)26-9-5-6-10-29(26)53(34)24-42-28/h7-10,17-20,23,28,55H,5-6,11-16,21-22H2,1-4H3,(H,44,56)(H,45,57)(H,46,58)(H,47,53)(H,48,54);5-6,9-12,21-24,40-41H,7-8,13-20H2,1-4H3,(H,46,56)(H,47,55). The maximum Gasteiger partial charge on any atom is 0.294 e. The Kier molecular flexibility index (Phi) is 25.3. The molecule has 0 bridgehead atoms. The Hall–Kier alpha value is -12.8. The van der Waals surface area contributed by atoms with E-state index in [-0.39, 0.29) is 101 Å². The number of imidazole rings is 5. The molecule has 0 aliphatic carbocycles. The molecule has 0 radical (unpaired) electrons. The highest BCUT2D eigenvalue weighted by Gasteiger charge is 2.37. The highest BCUT2D eigenvalue weighted by atomic mass is 35.5. The normalized spacial score (nSPS) is 13.6. The van der Waals surface area contributed by atoms with Gasteiger partial charge in [-0.05, 0) is 144 Å². The molecule has 0 spiro atoms. The van der Waals surface area contributed by atoms with Crippen molar-refractivity contribution in [2.45, 2.75) is 58.8 Å². The number of amides is 8. The van der Waals surface area contributed by atoms with Crippen LogP contribution in [0.2, 0.25) is 0 Å². The Balaban J connectivity index is 0.000000202. The van der Waals surface area contributed by atoms with E-state index in [0.717, 1.165) is 105 Å². The van der Waals surface area contributed by atoms with Crippen molar-refractivity contribution in [2.75, 3.05) is 141 Å². The van der Waals surface area contributed by atoms with Crippen molar-refractivity contribution >= 4 is 148 Å². The summed E-state index contributed by atoms with van der Waals surface area (Å²) in [6.45, 7) is 14.8. The number of para-hydroxylation sites is 1. The molecule has 116 heavy (non-hydrogen) atoms. The van der Waals surface area contributed by atoms with Crippen LogP contribution in [0, 0.1) is 6.92 Å². The second-order valence-corrected chi connectivity index (χ2v) is 29.4. The van der Waals surface area contributed by atoms with E-state index in [1.165, 1.54) is 29.5 Å². The predicted molar refractivity (Wildman–Crippen MR) is 445 cm³/mol. The smallest absolute Gasteiger partial charge is 0.294 e. The van der Waals surface area contributed by atoms with Crippen molar-refractivity contribution in [1.82, 2.24) is 78.2 Å². The summed E-state index contributed by atoms with van der Waals surface area (Å²) in [5, 5.41) is 40.4. The van der Waals surface area contributed by atoms with E-state index in [9.17, 15) is 48.3 Å². The quantitative estimate of drug-likeness (QED) is 0.0113. The summed E-state index contributed by atoms with van der Waals surface area (Å²) in [7, 11) is 8.89. The lowest BCUT2D eigenvalue weighted by Crippen LogP contribution is -2.47. The SMILES string of the molecule is CC(=O)Nc1ccc2oc(C(=O)N3CC(CCl)c4c3cc(O)c3ccc(C(=O)NCCCN(C)CCCNC(=O)CCNC(=O)c5nc(NC(C)=O)cn5C)cc43)cc2c1.Cc1nc(NC(=O)c2nc(NC(=O)c3nc(NCCCN4CCN(CCCNc5ccc6ncn7c8ccccc8c(=O)c5c67)CC4)cn3C)cn2C)cn1C. The number of carbonyl (C=O) groups is 8.